The molecule has 1 aliphatic carbocycles. The Bertz CT molecular complexity index is 285. The molecule has 82 valence electrons. The van der Waals surface area contributed by atoms with Crippen LogP contribution in [-0.2, 0) is 9.53 Å². The van der Waals surface area contributed by atoms with E-state index in [-0.39, 0.29) is 11.2 Å². The summed E-state index contributed by atoms with van der Waals surface area (Å²) >= 11 is 1.75. The molecule has 0 aromatic heterocycles. The smallest absolute Gasteiger partial charge is 0.319 e. The number of unbranched alkanes of at least 4 members (excludes halogenated alkanes) is 1. The number of fused-ring (bicyclic) bond motifs is 2. The van der Waals surface area contributed by atoms with Crippen molar-refractivity contribution < 1.29 is 9.53 Å². The van der Waals surface area contributed by atoms with Gasteiger partial charge in [-0.05, 0) is 19.3 Å². The van der Waals surface area contributed by atoms with Gasteiger partial charge in [0.25, 0.3) is 0 Å². The van der Waals surface area contributed by atoms with Gasteiger partial charge in [-0.25, -0.2) is 0 Å². The summed E-state index contributed by atoms with van der Waals surface area (Å²) in [6.45, 7) is 4.16. The SMILES string of the molecule is C=CCCCOC(=O)C1SC2C=CC1C2. The molecule has 15 heavy (non-hydrogen) atoms. The van der Waals surface area contributed by atoms with E-state index in [4.69, 9.17) is 4.74 Å². The molecular formula is C12H16O2S. The molecule has 2 aliphatic rings. The van der Waals surface area contributed by atoms with Crippen molar-refractivity contribution in [3.63, 3.8) is 0 Å². The van der Waals surface area contributed by atoms with Gasteiger partial charge in [0.2, 0.25) is 0 Å². The van der Waals surface area contributed by atoms with Gasteiger partial charge in [-0.2, -0.15) is 0 Å². The summed E-state index contributed by atoms with van der Waals surface area (Å²) < 4.78 is 5.24. The van der Waals surface area contributed by atoms with E-state index in [1.807, 2.05) is 6.08 Å². The molecule has 0 aromatic carbocycles. The highest BCUT2D eigenvalue weighted by atomic mass is 32.2. The van der Waals surface area contributed by atoms with E-state index in [0.29, 0.717) is 17.8 Å². The van der Waals surface area contributed by atoms with Crippen LogP contribution < -0.4 is 0 Å². The zero-order valence-corrected chi connectivity index (χ0v) is 9.54. The number of esters is 1. The van der Waals surface area contributed by atoms with E-state index >= 15 is 0 Å². The lowest BCUT2D eigenvalue weighted by Crippen LogP contribution is -2.24. The minimum absolute atomic E-state index is 0.0269. The number of rotatable bonds is 5. The number of hydrogen-bond acceptors (Lipinski definition) is 3. The number of carbonyl (C=O) groups is 1. The largest absolute Gasteiger partial charge is 0.465 e. The minimum Gasteiger partial charge on any atom is -0.465 e. The summed E-state index contributed by atoms with van der Waals surface area (Å²) in [5.74, 6) is 0.396. The Kier molecular flexibility index (Phi) is 3.52. The fraction of sp³-hybridized carbons (Fsp3) is 0.583. The number of ether oxygens (including phenoxy) is 1. The maximum absolute atomic E-state index is 11.7. The molecule has 3 heteroatoms. The van der Waals surface area contributed by atoms with Gasteiger partial charge in [0, 0.05) is 11.2 Å². The van der Waals surface area contributed by atoms with Gasteiger partial charge >= 0.3 is 5.97 Å². The lowest BCUT2D eigenvalue weighted by molar-refractivity contribution is -0.143. The van der Waals surface area contributed by atoms with Crippen LogP contribution in [-0.4, -0.2) is 23.1 Å². The van der Waals surface area contributed by atoms with Gasteiger partial charge in [-0.1, -0.05) is 18.2 Å². The minimum atomic E-state index is -0.0269. The van der Waals surface area contributed by atoms with Crippen LogP contribution in [0, 0.1) is 5.92 Å². The van der Waals surface area contributed by atoms with Crippen molar-refractivity contribution >= 4 is 17.7 Å². The maximum atomic E-state index is 11.7. The molecule has 1 aliphatic heterocycles. The van der Waals surface area contributed by atoms with Crippen molar-refractivity contribution in [3.8, 4) is 0 Å². The van der Waals surface area contributed by atoms with Crippen LogP contribution in [0.4, 0.5) is 0 Å². The Morgan fingerprint density at radius 2 is 2.47 bits per heavy atom. The first kappa shape index (κ1) is 10.8. The molecule has 1 heterocycles. The van der Waals surface area contributed by atoms with Crippen LogP contribution in [0.25, 0.3) is 0 Å². The van der Waals surface area contributed by atoms with E-state index in [9.17, 15) is 4.79 Å². The summed E-state index contributed by atoms with van der Waals surface area (Å²) in [4.78, 5) is 11.7. The van der Waals surface area contributed by atoms with Crippen LogP contribution in [0.15, 0.2) is 24.8 Å². The normalized spacial score (nSPS) is 31.9. The average molecular weight is 224 g/mol. The summed E-state index contributed by atoms with van der Waals surface area (Å²) in [6, 6.07) is 0. The highest BCUT2D eigenvalue weighted by Gasteiger charge is 2.41. The standard InChI is InChI=1S/C12H16O2S/c1-2-3-4-7-14-12(13)11-9-5-6-10(8-9)15-11/h2,5-6,9-11H,1,3-4,7-8H2. The van der Waals surface area contributed by atoms with Crippen molar-refractivity contribution in [2.24, 2.45) is 5.92 Å². The van der Waals surface area contributed by atoms with Gasteiger partial charge < -0.3 is 4.74 Å². The van der Waals surface area contributed by atoms with E-state index in [0.717, 1.165) is 19.3 Å². The first-order valence-electron chi connectivity index (χ1n) is 5.42. The molecule has 0 aromatic rings. The van der Waals surface area contributed by atoms with Crippen molar-refractivity contribution in [2.45, 2.75) is 29.8 Å². The second-order valence-corrected chi connectivity index (χ2v) is 5.36. The van der Waals surface area contributed by atoms with Crippen molar-refractivity contribution in [1.82, 2.24) is 0 Å². The molecule has 1 fully saturated rings. The fourth-order valence-electron chi connectivity index (χ4n) is 2.02. The van der Waals surface area contributed by atoms with E-state index in [1.165, 1.54) is 0 Å². The molecule has 0 N–H and O–H groups in total. The lowest BCUT2D eigenvalue weighted by atomic mass is 10.1. The summed E-state index contributed by atoms with van der Waals surface area (Å²) in [5, 5.41) is 0.615. The van der Waals surface area contributed by atoms with Gasteiger partial charge in [0.05, 0.1) is 6.61 Å². The highest BCUT2D eigenvalue weighted by Crippen LogP contribution is 2.45. The number of hydrogen-bond donors (Lipinski definition) is 0. The second-order valence-electron chi connectivity index (χ2n) is 3.98. The van der Waals surface area contributed by atoms with Crippen LogP contribution in [0.1, 0.15) is 19.3 Å². The number of thioether (sulfide) groups is 1. The summed E-state index contributed by atoms with van der Waals surface area (Å²) in [6.07, 6.45) is 9.14. The molecule has 0 saturated carbocycles. The van der Waals surface area contributed by atoms with Crippen molar-refractivity contribution in [3.05, 3.63) is 24.8 Å². The molecule has 2 rings (SSSR count). The first-order chi connectivity index (χ1) is 7.31. The predicted molar refractivity (Wildman–Crippen MR) is 62.8 cm³/mol. The molecule has 3 unspecified atom stereocenters. The molecule has 2 bridgehead atoms. The Balaban J connectivity index is 1.72. The molecular weight excluding hydrogens is 208 g/mol. The van der Waals surface area contributed by atoms with Crippen molar-refractivity contribution in [2.75, 3.05) is 6.61 Å². The predicted octanol–water partition coefficient (Wildman–Crippen LogP) is 2.56. The molecule has 3 atom stereocenters. The Morgan fingerprint density at radius 3 is 3.07 bits per heavy atom. The average Bonchev–Trinajstić information content (AvgIpc) is 2.85. The number of allylic oxidation sites excluding steroid dienone is 2. The Morgan fingerprint density at radius 1 is 1.60 bits per heavy atom. The number of carbonyl (C=O) groups excluding carboxylic acids is 1. The highest BCUT2D eigenvalue weighted by molar-refractivity contribution is 8.01. The van der Waals surface area contributed by atoms with Gasteiger partial charge in [-0.15, -0.1) is 18.3 Å². The molecule has 1 saturated heterocycles. The quantitative estimate of drug-likeness (QED) is 0.408. The maximum Gasteiger partial charge on any atom is 0.319 e. The van der Waals surface area contributed by atoms with Crippen molar-refractivity contribution in [1.29, 1.82) is 0 Å². The zero-order chi connectivity index (χ0) is 10.7. The third-order valence-electron chi connectivity index (χ3n) is 2.82. The molecule has 0 amide bonds. The molecule has 2 nitrogen and oxygen atoms in total. The summed E-state index contributed by atoms with van der Waals surface area (Å²) in [7, 11) is 0. The Labute approximate surface area is 94.8 Å². The molecule has 0 spiro atoms. The van der Waals surface area contributed by atoms with E-state index < -0.39 is 0 Å². The van der Waals surface area contributed by atoms with Crippen LogP contribution in [0.2, 0.25) is 0 Å². The topological polar surface area (TPSA) is 26.3 Å². The Hall–Kier alpha value is -0.700. The fourth-order valence-corrected chi connectivity index (χ4v) is 3.49. The van der Waals surface area contributed by atoms with E-state index in [2.05, 4.69) is 18.7 Å². The van der Waals surface area contributed by atoms with E-state index in [1.54, 1.807) is 11.8 Å². The van der Waals surface area contributed by atoms with Crippen LogP contribution in [0.5, 0.6) is 0 Å². The molecule has 0 radical (unpaired) electrons. The monoisotopic (exact) mass is 224 g/mol. The third-order valence-corrected chi connectivity index (χ3v) is 4.35. The van der Waals surface area contributed by atoms with Gasteiger partial charge in [-0.3, -0.25) is 4.79 Å². The summed E-state index contributed by atoms with van der Waals surface area (Å²) in [5.41, 5.74) is 0. The third kappa shape index (κ3) is 2.46. The lowest BCUT2D eigenvalue weighted by Gasteiger charge is -2.15. The second kappa shape index (κ2) is 4.88. The van der Waals surface area contributed by atoms with Crippen LogP contribution in [0.3, 0.4) is 0 Å². The first-order valence-corrected chi connectivity index (χ1v) is 6.37. The zero-order valence-electron chi connectivity index (χ0n) is 8.72. The van der Waals surface area contributed by atoms with Gasteiger partial charge in [0.15, 0.2) is 0 Å². The van der Waals surface area contributed by atoms with Crippen LogP contribution >= 0.6 is 11.8 Å². The van der Waals surface area contributed by atoms with Gasteiger partial charge in [0.1, 0.15) is 5.25 Å².